The van der Waals surface area contributed by atoms with Gasteiger partial charge in [-0.2, -0.15) is 0 Å². The van der Waals surface area contributed by atoms with Crippen molar-refractivity contribution in [3.63, 3.8) is 0 Å². The molecule has 6 heteroatoms. The van der Waals surface area contributed by atoms with E-state index in [0.717, 1.165) is 25.7 Å². The summed E-state index contributed by atoms with van der Waals surface area (Å²) in [5.74, 6) is -1.35. The van der Waals surface area contributed by atoms with Crippen molar-refractivity contribution in [1.29, 1.82) is 0 Å². The van der Waals surface area contributed by atoms with E-state index in [9.17, 15) is 14.4 Å². The largest absolute Gasteiger partial charge is 0.481 e. The summed E-state index contributed by atoms with van der Waals surface area (Å²) in [6.07, 6.45) is 6.54. The lowest BCUT2D eigenvalue weighted by Crippen LogP contribution is -2.47. The molecule has 0 aromatic rings. The van der Waals surface area contributed by atoms with Gasteiger partial charge in [0.15, 0.2) is 0 Å². The molecule has 2 aliphatic rings. The number of piperidine rings is 1. The fourth-order valence-corrected chi connectivity index (χ4v) is 3.45. The van der Waals surface area contributed by atoms with E-state index >= 15 is 0 Å². The van der Waals surface area contributed by atoms with Crippen LogP contribution in [-0.4, -0.2) is 59.4 Å². The third-order valence-electron chi connectivity index (χ3n) is 4.83. The van der Waals surface area contributed by atoms with Gasteiger partial charge in [-0.15, -0.1) is 0 Å². The highest BCUT2D eigenvalue weighted by Crippen LogP contribution is 2.25. The number of likely N-dealkylation sites (N-methyl/N-ethyl adjacent to an activating group) is 1. The number of carboxylic acid groups (broad SMARTS) is 1. The van der Waals surface area contributed by atoms with E-state index in [2.05, 4.69) is 0 Å². The Morgan fingerprint density at radius 2 is 1.68 bits per heavy atom. The fourth-order valence-electron chi connectivity index (χ4n) is 3.45. The van der Waals surface area contributed by atoms with Gasteiger partial charge in [0, 0.05) is 26.1 Å². The molecule has 124 valence electrons. The molecule has 0 spiro atoms. The summed E-state index contributed by atoms with van der Waals surface area (Å²) >= 11 is 0. The maximum absolute atomic E-state index is 12.3. The number of hydrogen-bond donors (Lipinski definition) is 1. The van der Waals surface area contributed by atoms with Gasteiger partial charge in [0.2, 0.25) is 11.8 Å². The lowest BCUT2D eigenvalue weighted by atomic mass is 9.88. The number of likely N-dealkylation sites (tertiary alicyclic amines) is 1. The van der Waals surface area contributed by atoms with Crippen LogP contribution in [0.2, 0.25) is 0 Å². The first-order valence-electron chi connectivity index (χ1n) is 8.24. The average molecular weight is 310 g/mol. The summed E-state index contributed by atoms with van der Waals surface area (Å²) in [6, 6.07) is 0. The highest BCUT2D eigenvalue weighted by molar-refractivity contribution is 5.86. The standard InChI is InChI=1S/C16H26N2O4/c1-17(15(20)12-6-3-2-4-7-12)11-14(19)18-9-5-8-13(10-18)16(21)22/h12-13H,2-11H2,1H3,(H,21,22). The van der Waals surface area contributed by atoms with Crippen LogP contribution in [0, 0.1) is 11.8 Å². The second-order valence-corrected chi connectivity index (χ2v) is 6.55. The molecule has 1 N–H and O–H groups in total. The van der Waals surface area contributed by atoms with E-state index in [1.165, 1.54) is 11.3 Å². The zero-order valence-electron chi connectivity index (χ0n) is 13.3. The molecule has 6 nitrogen and oxygen atoms in total. The quantitative estimate of drug-likeness (QED) is 0.850. The highest BCUT2D eigenvalue weighted by atomic mass is 16.4. The first-order valence-corrected chi connectivity index (χ1v) is 8.24. The van der Waals surface area contributed by atoms with Crippen LogP contribution >= 0.6 is 0 Å². The van der Waals surface area contributed by atoms with Crippen molar-refractivity contribution >= 4 is 17.8 Å². The van der Waals surface area contributed by atoms with Crippen molar-refractivity contribution in [2.75, 3.05) is 26.7 Å². The monoisotopic (exact) mass is 310 g/mol. The Hall–Kier alpha value is -1.59. The van der Waals surface area contributed by atoms with Gasteiger partial charge in [-0.25, -0.2) is 0 Å². The number of nitrogens with zero attached hydrogens (tertiary/aromatic N) is 2. The Bertz CT molecular complexity index is 432. The number of rotatable bonds is 4. The summed E-state index contributed by atoms with van der Waals surface area (Å²) in [5, 5.41) is 9.08. The maximum Gasteiger partial charge on any atom is 0.308 e. The van der Waals surface area contributed by atoms with Crippen LogP contribution in [0.4, 0.5) is 0 Å². The molecule has 0 aromatic heterocycles. The molecule has 2 amide bonds. The lowest BCUT2D eigenvalue weighted by Gasteiger charge is -2.33. The average Bonchev–Trinajstić information content (AvgIpc) is 2.54. The molecule has 0 aromatic carbocycles. The zero-order valence-corrected chi connectivity index (χ0v) is 13.3. The molecule has 0 bridgehead atoms. The van der Waals surface area contributed by atoms with Crippen LogP contribution in [0.3, 0.4) is 0 Å². The molecule has 0 radical (unpaired) electrons. The van der Waals surface area contributed by atoms with Crippen molar-refractivity contribution in [1.82, 2.24) is 9.80 Å². The number of carbonyl (C=O) groups excluding carboxylic acids is 2. The summed E-state index contributed by atoms with van der Waals surface area (Å²) in [6.45, 7) is 0.912. The maximum atomic E-state index is 12.3. The molecule has 1 atom stereocenters. The molecule has 2 fully saturated rings. The Balaban J connectivity index is 1.84. The summed E-state index contributed by atoms with van der Waals surface area (Å²) < 4.78 is 0. The van der Waals surface area contributed by atoms with E-state index in [-0.39, 0.29) is 30.8 Å². The van der Waals surface area contributed by atoms with Gasteiger partial charge < -0.3 is 14.9 Å². The summed E-state index contributed by atoms with van der Waals surface area (Å²) in [4.78, 5) is 38.8. The predicted octanol–water partition coefficient (Wildman–Crippen LogP) is 1.35. The van der Waals surface area contributed by atoms with E-state index in [1.54, 1.807) is 11.9 Å². The molecule has 1 saturated carbocycles. The third-order valence-corrected chi connectivity index (χ3v) is 4.83. The number of hydrogen-bond acceptors (Lipinski definition) is 3. The molecular formula is C16H26N2O4. The van der Waals surface area contributed by atoms with Gasteiger partial charge in [0.1, 0.15) is 0 Å². The summed E-state index contributed by atoms with van der Waals surface area (Å²) in [5.41, 5.74) is 0. The van der Waals surface area contributed by atoms with Gasteiger partial charge in [0.05, 0.1) is 12.5 Å². The van der Waals surface area contributed by atoms with E-state index in [4.69, 9.17) is 5.11 Å². The van der Waals surface area contributed by atoms with Gasteiger partial charge in [-0.1, -0.05) is 19.3 Å². The van der Waals surface area contributed by atoms with Crippen LogP contribution in [0.25, 0.3) is 0 Å². The van der Waals surface area contributed by atoms with Gasteiger partial charge in [-0.3, -0.25) is 14.4 Å². The number of aliphatic carboxylic acids is 1. The van der Waals surface area contributed by atoms with Crippen molar-refractivity contribution in [3.05, 3.63) is 0 Å². The molecule has 2 rings (SSSR count). The van der Waals surface area contributed by atoms with E-state index in [0.29, 0.717) is 19.4 Å². The molecule has 1 heterocycles. The fraction of sp³-hybridized carbons (Fsp3) is 0.812. The Kier molecular flexibility index (Phi) is 5.80. The predicted molar refractivity (Wildman–Crippen MR) is 81.2 cm³/mol. The van der Waals surface area contributed by atoms with E-state index < -0.39 is 11.9 Å². The topological polar surface area (TPSA) is 77.9 Å². The van der Waals surface area contributed by atoms with Gasteiger partial charge in [-0.05, 0) is 25.7 Å². The molecule has 1 saturated heterocycles. The van der Waals surface area contributed by atoms with E-state index in [1.807, 2.05) is 0 Å². The summed E-state index contributed by atoms with van der Waals surface area (Å²) in [7, 11) is 1.67. The van der Waals surface area contributed by atoms with Crippen LogP contribution in [0.15, 0.2) is 0 Å². The minimum Gasteiger partial charge on any atom is -0.481 e. The van der Waals surface area contributed by atoms with Crippen LogP contribution in [0.5, 0.6) is 0 Å². The van der Waals surface area contributed by atoms with Crippen LogP contribution in [0.1, 0.15) is 44.9 Å². The number of carbonyl (C=O) groups is 3. The Morgan fingerprint density at radius 1 is 1.05 bits per heavy atom. The smallest absolute Gasteiger partial charge is 0.308 e. The number of carboxylic acids is 1. The van der Waals surface area contributed by atoms with Crippen molar-refractivity contribution < 1.29 is 19.5 Å². The first-order chi connectivity index (χ1) is 10.5. The van der Waals surface area contributed by atoms with Gasteiger partial charge in [0.25, 0.3) is 0 Å². The molecule has 1 aliphatic heterocycles. The van der Waals surface area contributed by atoms with Gasteiger partial charge >= 0.3 is 5.97 Å². The van der Waals surface area contributed by atoms with Crippen molar-refractivity contribution in [3.8, 4) is 0 Å². The molecule has 1 aliphatic carbocycles. The second-order valence-electron chi connectivity index (χ2n) is 6.55. The van der Waals surface area contributed by atoms with Crippen LogP contribution < -0.4 is 0 Å². The molecule has 1 unspecified atom stereocenters. The van der Waals surface area contributed by atoms with Crippen molar-refractivity contribution in [2.24, 2.45) is 11.8 Å². The highest BCUT2D eigenvalue weighted by Gasteiger charge is 2.30. The Morgan fingerprint density at radius 3 is 2.32 bits per heavy atom. The minimum absolute atomic E-state index is 0.0553. The third kappa shape index (κ3) is 4.21. The van der Waals surface area contributed by atoms with Crippen molar-refractivity contribution in [2.45, 2.75) is 44.9 Å². The molecule has 22 heavy (non-hydrogen) atoms. The minimum atomic E-state index is -0.843. The SMILES string of the molecule is CN(CC(=O)N1CCCC(C(=O)O)C1)C(=O)C1CCCCC1. The second kappa shape index (κ2) is 7.61. The Labute approximate surface area is 131 Å². The molecular weight excluding hydrogens is 284 g/mol. The number of amides is 2. The normalized spacial score (nSPS) is 23.1. The zero-order chi connectivity index (χ0) is 16.1. The van der Waals surface area contributed by atoms with Crippen LogP contribution in [-0.2, 0) is 14.4 Å². The lowest BCUT2D eigenvalue weighted by molar-refractivity contribution is -0.148. The first kappa shape index (κ1) is 16.8.